The van der Waals surface area contributed by atoms with Crippen molar-refractivity contribution in [3.8, 4) is 11.5 Å². The summed E-state index contributed by atoms with van der Waals surface area (Å²) in [5, 5.41) is 10.3. The molecule has 1 atom stereocenters. The molecule has 0 radical (unpaired) electrons. The second-order valence-corrected chi connectivity index (χ2v) is 5.55. The van der Waals surface area contributed by atoms with E-state index in [0.717, 1.165) is 24.1 Å². The fourth-order valence-electron chi connectivity index (χ4n) is 2.99. The number of aromatic hydroxyl groups is 1. The highest BCUT2D eigenvalue weighted by molar-refractivity contribution is 6.09. The minimum absolute atomic E-state index is 0.0907. The van der Waals surface area contributed by atoms with E-state index in [0.29, 0.717) is 5.75 Å². The quantitative estimate of drug-likeness (QED) is 0.924. The Balaban J connectivity index is 2.06. The van der Waals surface area contributed by atoms with Gasteiger partial charge >= 0.3 is 0 Å². The lowest BCUT2D eigenvalue weighted by molar-refractivity contribution is 0.0972. The molecule has 0 saturated carbocycles. The molecule has 4 nitrogen and oxygen atoms in total. The number of phenolic OH excluding ortho intramolecular Hbond substituents is 1. The summed E-state index contributed by atoms with van der Waals surface area (Å²) in [6.07, 6.45) is 1.87. The number of carbonyl (C=O) groups is 1. The summed E-state index contributed by atoms with van der Waals surface area (Å²) < 4.78 is 5.10. The fourth-order valence-corrected chi connectivity index (χ4v) is 2.99. The molecule has 0 fully saturated rings. The number of nitrogens with zero attached hydrogens (tertiary/aromatic N) is 1. The molecule has 2 aromatic carbocycles. The molecule has 0 bridgehead atoms. The molecule has 1 N–H and O–H groups in total. The SMILES string of the molecule is COc1cccc(C(=O)N2c3ccccc3CCC2C)c1O. The molecule has 0 saturated heterocycles. The van der Waals surface area contributed by atoms with Crippen LogP contribution in [0.15, 0.2) is 42.5 Å². The highest BCUT2D eigenvalue weighted by atomic mass is 16.5. The van der Waals surface area contributed by atoms with E-state index in [2.05, 4.69) is 0 Å². The minimum Gasteiger partial charge on any atom is -0.504 e. The van der Waals surface area contributed by atoms with Gasteiger partial charge in [0.2, 0.25) is 0 Å². The van der Waals surface area contributed by atoms with Crippen LogP contribution in [0.3, 0.4) is 0 Å². The molecule has 4 heteroatoms. The van der Waals surface area contributed by atoms with Crippen molar-refractivity contribution in [2.24, 2.45) is 0 Å². The van der Waals surface area contributed by atoms with Crippen LogP contribution < -0.4 is 9.64 Å². The number of para-hydroxylation sites is 2. The van der Waals surface area contributed by atoms with E-state index < -0.39 is 0 Å². The first-order chi connectivity index (χ1) is 10.6. The molecule has 22 heavy (non-hydrogen) atoms. The summed E-state index contributed by atoms with van der Waals surface area (Å²) in [5.74, 6) is 0.00472. The van der Waals surface area contributed by atoms with Crippen LogP contribution in [-0.4, -0.2) is 24.2 Å². The van der Waals surface area contributed by atoms with Crippen LogP contribution >= 0.6 is 0 Å². The zero-order chi connectivity index (χ0) is 15.7. The van der Waals surface area contributed by atoms with Gasteiger partial charge in [0.25, 0.3) is 5.91 Å². The monoisotopic (exact) mass is 297 g/mol. The van der Waals surface area contributed by atoms with Crippen molar-refractivity contribution in [3.05, 3.63) is 53.6 Å². The maximum absolute atomic E-state index is 13.0. The lowest BCUT2D eigenvalue weighted by atomic mass is 9.95. The third kappa shape index (κ3) is 2.30. The lowest BCUT2D eigenvalue weighted by Gasteiger charge is -2.35. The zero-order valence-corrected chi connectivity index (χ0v) is 12.7. The van der Waals surface area contributed by atoms with Gasteiger partial charge in [-0.3, -0.25) is 4.79 Å². The van der Waals surface area contributed by atoms with Gasteiger partial charge in [0, 0.05) is 11.7 Å². The molecule has 0 aliphatic carbocycles. The zero-order valence-electron chi connectivity index (χ0n) is 12.7. The van der Waals surface area contributed by atoms with Gasteiger partial charge in [-0.1, -0.05) is 24.3 Å². The third-order valence-corrected chi connectivity index (χ3v) is 4.19. The molecule has 1 aliphatic rings. The van der Waals surface area contributed by atoms with Gasteiger partial charge in [0.15, 0.2) is 11.5 Å². The van der Waals surface area contributed by atoms with Crippen molar-refractivity contribution < 1.29 is 14.6 Å². The van der Waals surface area contributed by atoms with Crippen molar-refractivity contribution in [3.63, 3.8) is 0 Å². The second kappa shape index (κ2) is 5.72. The van der Waals surface area contributed by atoms with Gasteiger partial charge < -0.3 is 14.7 Å². The van der Waals surface area contributed by atoms with Crippen LogP contribution in [0.2, 0.25) is 0 Å². The number of hydrogen-bond acceptors (Lipinski definition) is 3. The number of phenols is 1. The molecule has 1 aliphatic heterocycles. The van der Waals surface area contributed by atoms with E-state index in [4.69, 9.17) is 4.74 Å². The normalized spacial score (nSPS) is 17.0. The predicted molar refractivity (Wildman–Crippen MR) is 85.7 cm³/mol. The number of aryl methyl sites for hydroxylation is 1. The van der Waals surface area contributed by atoms with E-state index in [-0.39, 0.29) is 23.3 Å². The number of fused-ring (bicyclic) bond motifs is 1. The lowest BCUT2D eigenvalue weighted by Crippen LogP contribution is -2.42. The highest BCUT2D eigenvalue weighted by Gasteiger charge is 2.30. The van der Waals surface area contributed by atoms with Crippen molar-refractivity contribution in [2.75, 3.05) is 12.0 Å². The van der Waals surface area contributed by atoms with Crippen LogP contribution in [0.5, 0.6) is 11.5 Å². The number of ether oxygens (including phenoxy) is 1. The Morgan fingerprint density at radius 1 is 1.23 bits per heavy atom. The number of amides is 1. The van der Waals surface area contributed by atoms with Crippen LogP contribution in [0, 0.1) is 0 Å². The smallest absolute Gasteiger partial charge is 0.262 e. The number of anilines is 1. The van der Waals surface area contributed by atoms with Crippen LogP contribution in [0.1, 0.15) is 29.3 Å². The summed E-state index contributed by atoms with van der Waals surface area (Å²) in [6, 6.07) is 13.0. The van der Waals surface area contributed by atoms with E-state index >= 15 is 0 Å². The molecule has 1 unspecified atom stereocenters. The number of hydrogen-bond donors (Lipinski definition) is 1. The summed E-state index contributed by atoms with van der Waals surface area (Å²) in [7, 11) is 1.47. The van der Waals surface area contributed by atoms with Gasteiger partial charge in [-0.05, 0) is 43.5 Å². The topological polar surface area (TPSA) is 49.8 Å². The molecule has 2 aromatic rings. The Kier molecular flexibility index (Phi) is 3.75. The van der Waals surface area contributed by atoms with E-state index in [1.807, 2.05) is 31.2 Å². The third-order valence-electron chi connectivity index (χ3n) is 4.19. The van der Waals surface area contributed by atoms with Crippen molar-refractivity contribution in [1.82, 2.24) is 0 Å². The molecule has 114 valence electrons. The van der Waals surface area contributed by atoms with E-state index in [9.17, 15) is 9.90 Å². The van der Waals surface area contributed by atoms with Gasteiger partial charge in [0.05, 0.1) is 12.7 Å². The first-order valence-electron chi connectivity index (χ1n) is 7.41. The van der Waals surface area contributed by atoms with Gasteiger partial charge in [-0.25, -0.2) is 0 Å². The fraction of sp³-hybridized carbons (Fsp3) is 0.278. The molecule has 1 amide bonds. The van der Waals surface area contributed by atoms with Crippen molar-refractivity contribution in [2.45, 2.75) is 25.8 Å². The molecule has 1 heterocycles. The minimum atomic E-state index is -0.198. The average molecular weight is 297 g/mol. The average Bonchev–Trinajstić information content (AvgIpc) is 2.54. The molecular weight excluding hydrogens is 278 g/mol. The van der Waals surface area contributed by atoms with Crippen LogP contribution in [0.25, 0.3) is 0 Å². The number of benzene rings is 2. The largest absolute Gasteiger partial charge is 0.504 e. The first kappa shape index (κ1) is 14.4. The van der Waals surface area contributed by atoms with Crippen LogP contribution in [0.4, 0.5) is 5.69 Å². The summed E-state index contributed by atoms with van der Waals surface area (Å²) in [6.45, 7) is 2.03. The summed E-state index contributed by atoms with van der Waals surface area (Å²) >= 11 is 0. The molecule has 0 spiro atoms. The molecular formula is C18H19NO3. The van der Waals surface area contributed by atoms with Crippen molar-refractivity contribution in [1.29, 1.82) is 0 Å². The maximum Gasteiger partial charge on any atom is 0.262 e. The molecule has 0 aromatic heterocycles. The van der Waals surface area contributed by atoms with E-state index in [1.54, 1.807) is 23.1 Å². The van der Waals surface area contributed by atoms with Gasteiger partial charge in [-0.15, -0.1) is 0 Å². The second-order valence-electron chi connectivity index (χ2n) is 5.55. The standard InChI is InChI=1S/C18H19NO3/c1-12-10-11-13-6-3-4-8-15(13)19(12)18(21)14-7-5-9-16(22-2)17(14)20/h3-9,12,20H,10-11H2,1-2H3. The maximum atomic E-state index is 13.0. The van der Waals surface area contributed by atoms with Crippen molar-refractivity contribution >= 4 is 11.6 Å². The Morgan fingerprint density at radius 2 is 2.00 bits per heavy atom. The molecule has 3 rings (SSSR count). The Hall–Kier alpha value is -2.49. The van der Waals surface area contributed by atoms with E-state index in [1.165, 1.54) is 7.11 Å². The number of rotatable bonds is 2. The number of carbonyl (C=O) groups excluding carboxylic acids is 1. The Morgan fingerprint density at radius 3 is 2.77 bits per heavy atom. The van der Waals surface area contributed by atoms with Gasteiger partial charge in [0.1, 0.15) is 0 Å². The summed E-state index contributed by atoms with van der Waals surface area (Å²) in [5.41, 5.74) is 2.35. The predicted octanol–water partition coefficient (Wildman–Crippen LogP) is 3.38. The Bertz CT molecular complexity index is 711. The first-order valence-corrected chi connectivity index (χ1v) is 7.41. The number of methoxy groups -OCH3 is 1. The Labute approximate surface area is 130 Å². The highest BCUT2D eigenvalue weighted by Crippen LogP contribution is 2.35. The van der Waals surface area contributed by atoms with Crippen LogP contribution in [-0.2, 0) is 6.42 Å². The van der Waals surface area contributed by atoms with Gasteiger partial charge in [-0.2, -0.15) is 0 Å². The summed E-state index contributed by atoms with van der Waals surface area (Å²) in [4.78, 5) is 14.7.